The van der Waals surface area contributed by atoms with E-state index in [9.17, 15) is 14.0 Å². The second kappa shape index (κ2) is 6.51. The third kappa shape index (κ3) is 2.99. The summed E-state index contributed by atoms with van der Waals surface area (Å²) in [6.45, 7) is 1.08. The minimum Gasteiger partial charge on any atom is -0.333 e. The van der Waals surface area contributed by atoms with Crippen molar-refractivity contribution in [2.75, 3.05) is 18.0 Å². The maximum absolute atomic E-state index is 13.0. The molecule has 3 aromatic rings. The Morgan fingerprint density at radius 3 is 2.54 bits per heavy atom. The average molecular weight is 350 g/mol. The molecule has 0 bridgehead atoms. The number of carbonyl (C=O) groups excluding carboxylic acids is 1. The van der Waals surface area contributed by atoms with E-state index in [0.29, 0.717) is 30.3 Å². The Kier molecular flexibility index (Phi) is 4.04. The fourth-order valence-corrected chi connectivity index (χ4v) is 2.99. The van der Waals surface area contributed by atoms with Crippen molar-refractivity contribution in [3.8, 4) is 11.3 Å². The summed E-state index contributed by atoms with van der Waals surface area (Å²) in [6, 6.07) is 10.5. The highest BCUT2D eigenvalue weighted by atomic mass is 19.1. The van der Waals surface area contributed by atoms with Crippen molar-refractivity contribution in [2.24, 2.45) is 0 Å². The van der Waals surface area contributed by atoms with E-state index in [4.69, 9.17) is 0 Å². The lowest BCUT2D eigenvalue weighted by Gasteiger charge is -2.17. The number of nitrogens with zero attached hydrogens (tertiary/aromatic N) is 4. The van der Waals surface area contributed by atoms with Crippen LogP contribution in [0, 0.1) is 5.82 Å². The first-order valence-corrected chi connectivity index (χ1v) is 8.18. The molecule has 0 N–H and O–H groups in total. The van der Waals surface area contributed by atoms with Gasteiger partial charge in [-0.2, -0.15) is 0 Å². The Morgan fingerprint density at radius 2 is 1.81 bits per heavy atom. The molecule has 0 saturated heterocycles. The molecule has 0 atom stereocenters. The minimum atomic E-state index is -0.386. The zero-order chi connectivity index (χ0) is 18.1. The monoisotopic (exact) mass is 350 g/mol. The van der Waals surface area contributed by atoms with Crippen LogP contribution in [0.3, 0.4) is 0 Å². The number of hydrogen-bond donors (Lipinski definition) is 0. The van der Waals surface area contributed by atoms with Crippen molar-refractivity contribution in [3.63, 3.8) is 0 Å². The molecule has 0 unspecified atom stereocenters. The molecule has 0 saturated carbocycles. The van der Waals surface area contributed by atoms with Gasteiger partial charge in [-0.15, -0.1) is 0 Å². The van der Waals surface area contributed by atoms with Gasteiger partial charge in [-0.05, 0) is 36.4 Å². The molecule has 26 heavy (non-hydrogen) atoms. The van der Waals surface area contributed by atoms with Gasteiger partial charge in [-0.3, -0.25) is 19.1 Å². The quantitative estimate of drug-likeness (QED) is 0.675. The molecule has 7 heteroatoms. The summed E-state index contributed by atoms with van der Waals surface area (Å²) in [5, 5.41) is 0. The number of Topliss-reactive ketones (excluding diaryl/α,β-unsaturated/α-hetero) is 1. The topological polar surface area (TPSA) is 68.1 Å². The van der Waals surface area contributed by atoms with Gasteiger partial charge in [0.15, 0.2) is 5.78 Å². The predicted octanol–water partition coefficient (Wildman–Crippen LogP) is 2.15. The van der Waals surface area contributed by atoms with Crippen LogP contribution in [-0.2, 0) is 6.54 Å². The van der Waals surface area contributed by atoms with Crippen molar-refractivity contribution >= 4 is 11.7 Å². The van der Waals surface area contributed by atoms with E-state index < -0.39 is 0 Å². The summed E-state index contributed by atoms with van der Waals surface area (Å²) >= 11 is 0. The largest absolute Gasteiger partial charge is 0.333 e. The molecular formula is C19H15FN4O2. The van der Waals surface area contributed by atoms with Crippen LogP contribution in [0.15, 0.2) is 59.7 Å². The minimum absolute atomic E-state index is 0.0812. The van der Waals surface area contributed by atoms with Crippen molar-refractivity contribution in [3.05, 3.63) is 76.6 Å². The molecule has 0 aliphatic carbocycles. The lowest BCUT2D eigenvalue weighted by molar-refractivity contribution is 0.0999. The lowest BCUT2D eigenvalue weighted by Crippen LogP contribution is -2.29. The third-order valence-electron chi connectivity index (χ3n) is 4.34. The Morgan fingerprint density at radius 1 is 1.08 bits per heavy atom. The Bertz CT molecular complexity index is 1020. The summed E-state index contributed by atoms with van der Waals surface area (Å²) in [7, 11) is 0. The van der Waals surface area contributed by atoms with E-state index in [0.717, 1.165) is 5.56 Å². The Labute approximate surface area is 148 Å². The molecule has 1 aliphatic rings. The van der Waals surface area contributed by atoms with Gasteiger partial charge in [-0.25, -0.2) is 9.37 Å². The molecule has 2 aromatic heterocycles. The van der Waals surface area contributed by atoms with Gasteiger partial charge in [0.1, 0.15) is 5.82 Å². The molecular weight excluding hydrogens is 335 g/mol. The van der Waals surface area contributed by atoms with Crippen molar-refractivity contribution < 1.29 is 9.18 Å². The summed E-state index contributed by atoms with van der Waals surface area (Å²) in [6.07, 6.45) is 3.27. The Hall–Kier alpha value is -3.35. The third-order valence-corrected chi connectivity index (χ3v) is 4.34. The number of aromatic nitrogens is 3. The highest BCUT2D eigenvalue weighted by molar-refractivity contribution is 5.99. The van der Waals surface area contributed by atoms with Crippen LogP contribution in [0.5, 0.6) is 0 Å². The first-order chi connectivity index (χ1) is 12.6. The van der Waals surface area contributed by atoms with Crippen LogP contribution in [0.1, 0.15) is 10.4 Å². The maximum Gasteiger partial charge on any atom is 0.255 e. The van der Waals surface area contributed by atoms with Gasteiger partial charge in [-0.1, -0.05) is 0 Å². The normalized spacial score (nSPS) is 12.9. The zero-order valence-electron chi connectivity index (χ0n) is 13.8. The van der Waals surface area contributed by atoms with Crippen LogP contribution >= 0.6 is 0 Å². The molecule has 6 nitrogen and oxygen atoms in total. The molecule has 0 amide bonds. The number of carbonyl (C=O) groups is 1. The van der Waals surface area contributed by atoms with Crippen LogP contribution < -0.4 is 10.5 Å². The van der Waals surface area contributed by atoms with E-state index in [1.807, 2.05) is 0 Å². The van der Waals surface area contributed by atoms with E-state index in [1.54, 1.807) is 34.0 Å². The van der Waals surface area contributed by atoms with Gasteiger partial charge in [0.25, 0.3) is 5.56 Å². The van der Waals surface area contributed by atoms with Crippen LogP contribution in [0.4, 0.5) is 10.3 Å². The van der Waals surface area contributed by atoms with Crippen LogP contribution in [-0.4, -0.2) is 33.4 Å². The Balaban J connectivity index is 1.64. The van der Waals surface area contributed by atoms with Gasteiger partial charge in [0.2, 0.25) is 5.95 Å². The smallest absolute Gasteiger partial charge is 0.255 e. The number of benzene rings is 1. The fraction of sp³-hybridized carbons (Fsp3) is 0.158. The maximum atomic E-state index is 13.0. The first kappa shape index (κ1) is 16.1. The highest BCUT2D eigenvalue weighted by Crippen LogP contribution is 2.22. The highest BCUT2D eigenvalue weighted by Gasteiger charge is 2.25. The summed E-state index contributed by atoms with van der Waals surface area (Å²) in [5.74, 6) is -0.0648. The molecule has 0 spiro atoms. The second-order valence-electron chi connectivity index (χ2n) is 6.02. The number of hydrogen-bond acceptors (Lipinski definition) is 5. The van der Waals surface area contributed by atoms with E-state index in [1.165, 1.54) is 30.3 Å². The van der Waals surface area contributed by atoms with E-state index in [-0.39, 0.29) is 23.7 Å². The predicted molar refractivity (Wildman–Crippen MR) is 94.7 cm³/mol. The molecule has 130 valence electrons. The number of anilines is 1. The van der Waals surface area contributed by atoms with Crippen LogP contribution in [0.2, 0.25) is 0 Å². The molecule has 1 aromatic carbocycles. The standard InChI is InChI=1S/C19H15FN4O2/c20-15-3-1-14(2-4-15)17(25)12-23-9-10-24-18(26)11-16(22-19(23)24)13-5-7-21-8-6-13/h1-8,11H,9-10,12H2. The molecule has 1 aliphatic heterocycles. The second-order valence-corrected chi connectivity index (χ2v) is 6.02. The number of rotatable bonds is 4. The first-order valence-electron chi connectivity index (χ1n) is 8.18. The SMILES string of the molecule is O=C(CN1CCn2c1nc(-c1ccncc1)cc2=O)c1ccc(F)cc1. The number of pyridine rings is 1. The average Bonchev–Trinajstić information content (AvgIpc) is 3.06. The number of ketones is 1. The summed E-state index contributed by atoms with van der Waals surface area (Å²) < 4.78 is 14.6. The zero-order valence-corrected chi connectivity index (χ0v) is 13.8. The van der Waals surface area contributed by atoms with Gasteiger partial charge in [0.05, 0.1) is 12.2 Å². The van der Waals surface area contributed by atoms with Gasteiger partial charge < -0.3 is 4.90 Å². The number of fused-ring (bicyclic) bond motifs is 1. The lowest BCUT2D eigenvalue weighted by atomic mass is 10.1. The van der Waals surface area contributed by atoms with Crippen LogP contribution in [0.25, 0.3) is 11.3 Å². The molecule has 4 rings (SSSR count). The van der Waals surface area contributed by atoms with Gasteiger partial charge >= 0.3 is 0 Å². The van der Waals surface area contributed by atoms with E-state index >= 15 is 0 Å². The van der Waals surface area contributed by atoms with E-state index in [2.05, 4.69) is 9.97 Å². The van der Waals surface area contributed by atoms with Crippen molar-refractivity contribution in [2.45, 2.75) is 6.54 Å². The fourth-order valence-electron chi connectivity index (χ4n) is 2.99. The summed E-state index contributed by atoms with van der Waals surface area (Å²) in [4.78, 5) is 35.2. The molecule has 3 heterocycles. The molecule has 0 radical (unpaired) electrons. The van der Waals surface area contributed by atoms with Crippen molar-refractivity contribution in [1.29, 1.82) is 0 Å². The van der Waals surface area contributed by atoms with Crippen molar-refractivity contribution in [1.82, 2.24) is 14.5 Å². The summed E-state index contributed by atoms with van der Waals surface area (Å²) in [5.41, 5.74) is 1.61. The van der Waals surface area contributed by atoms with Gasteiger partial charge in [0, 0.05) is 42.7 Å². The number of halogens is 1. The molecule has 0 fully saturated rings.